The van der Waals surface area contributed by atoms with E-state index in [0.29, 0.717) is 6.61 Å². The molecule has 2 fully saturated rings. The number of benzene rings is 1. The van der Waals surface area contributed by atoms with Gasteiger partial charge in [0.2, 0.25) is 0 Å². The zero-order chi connectivity index (χ0) is 12.4. The Morgan fingerprint density at radius 1 is 1.33 bits per heavy atom. The Kier molecular flexibility index (Phi) is 2.96. The molecule has 18 heavy (non-hydrogen) atoms. The van der Waals surface area contributed by atoms with Crippen molar-refractivity contribution in [2.24, 2.45) is 0 Å². The first-order valence-electron chi connectivity index (χ1n) is 6.49. The third kappa shape index (κ3) is 1.97. The van der Waals surface area contributed by atoms with Gasteiger partial charge < -0.3 is 15.0 Å². The van der Waals surface area contributed by atoms with E-state index in [0.717, 1.165) is 38.0 Å². The van der Waals surface area contributed by atoms with E-state index in [-0.39, 0.29) is 11.6 Å². The SMILES string of the molecule is O=C(OCc1ccccc1)N1CC[C@@]12CCNC2. The van der Waals surface area contributed by atoms with Crippen LogP contribution < -0.4 is 5.32 Å². The van der Waals surface area contributed by atoms with E-state index >= 15 is 0 Å². The van der Waals surface area contributed by atoms with Gasteiger partial charge in [0.15, 0.2) is 0 Å². The predicted molar refractivity (Wildman–Crippen MR) is 68.2 cm³/mol. The van der Waals surface area contributed by atoms with Crippen LogP contribution in [-0.2, 0) is 11.3 Å². The molecule has 0 aromatic heterocycles. The van der Waals surface area contributed by atoms with Gasteiger partial charge in [-0.2, -0.15) is 0 Å². The van der Waals surface area contributed by atoms with Crippen molar-refractivity contribution in [2.75, 3.05) is 19.6 Å². The van der Waals surface area contributed by atoms with Crippen LogP contribution in [0.4, 0.5) is 4.79 Å². The molecule has 3 rings (SSSR count). The fraction of sp³-hybridized carbons (Fsp3) is 0.500. The molecule has 0 saturated carbocycles. The molecule has 0 bridgehead atoms. The minimum atomic E-state index is -0.172. The summed E-state index contributed by atoms with van der Waals surface area (Å²) in [5.41, 5.74) is 1.08. The van der Waals surface area contributed by atoms with E-state index < -0.39 is 0 Å². The summed E-state index contributed by atoms with van der Waals surface area (Å²) in [5.74, 6) is 0. The maximum Gasteiger partial charge on any atom is 0.410 e. The number of rotatable bonds is 2. The minimum absolute atomic E-state index is 0.0494. The molecule has 1 amide bonds. The van der Waals surface area contributed by atoms with Crippen LogP contribution in [0.5, 0.6) is 0 Å². The maximum absolute atomic E-state index is 12.0. The third-order valence-corrected chi connectivity index (χ3v) is 4.02. The van der Waals surface area contributed by atoms with Crippen LogP contribution in [0.3, 0.4) is 0 Å². The van der Waals surface area contributed by atoms with Gasteiger partial charge >= 0.3 is 6.09 Å². The maximum atomic E-state index is 12.0. The summed E-state index contributed by atoms with van der Waals surface area (Å²) in [7, 11) is 0. The highest BCUT2D eigenvalue weighted by Gasteiger charge is 2.49. The fourth-order valence-corrected chi connectivity index (χ4v) is 2.80. The molecule has 1 spiro atoms. The second kappa shape index (κ2) is 4.61. The van der Waals surface area contributed by atoms with Gasteiger partial charge in [-0.15, -0.1) is 0 Å². The van der Waals surface area contributed by atoms with Crippen molar-refractivity contribution in [2.45, 2.75) is 25.0 Å². The zero-order valence-electron chi connectivity index (χ0n) is 10.4. The smallest absolute Gasteiger partial charge is 0.410 e. The van der Waals surface area contributed by atoms with Gasteiger partial charge in [0.25, 0.3) is 0 Å². The van der Waals surface area contributed by atoms with Crippen LogP contribution in [-0.4, -0.2) is 36.2 Å². The van der Waals surface area contributed by atoms with Crippen molar-refractivity contribution < 1.29 is 9.53 Å². The first-order valence-corrected chi connectivity index (χ1v) is 6.49. The molecule has 96 valence electrons. The number of amides is 1. The molecule has 4 heteroatoms. The van der Waals surface area contributed by atoms with Gasteiger partial charge in [-0.05, 0) is 24.9 Å². The Bertz CT molecular complexity index is 427. The molecule has 0 radical (unpaired) electrons. The Hall–Kier alpha value is -1.55. The number of likely N-dealkylation sites (tertiary alicyclic amines) is 1. The van der Waals surface area contributed by atoms with E-state index in [4.69, 9.17) is 4.74 Å². The van der Waals surface area contributed by atoms with E-state index in [2.05, 4.69) is 5.32 Å². The topological polar surface area (TPSA) is 41.6 Å². The van der Waals surface area contributed by atoms with Gasteiger partial charge in [-0.3, -0.25) is 0 Å². The Morgan fingerprint density at radius 3 is 2.78 bits per heavy atom. The van der Waals surface area contributed by atoms with Crippen molar-refractivity contribution in [3.8, 4) is 0 Å². The van der Waals surface area contributed by atoms with Crippen molar-refractivity contribution in [3.05, 3.63) is 35.9 Å². The van der Waals surface area contributed by atoms with Crippen LogP contribution in [0.15, 0.2) is 30.3 Å². The van der Waals surface area contributed by atoms with Gasteiger partial charge in [0.05, 0.1) is 5.54 Å². The van der Waals surface area contributed by atoms with Crippen molar-refractivity contribution in [3.63, 3.8) is 0 Å². The van der Waals surface area contributed by atoms with Crippen LogP contribution >= 0.6 is 0 Å². The Morgan fingerprint density at radius 2 is 2.17 bits per heavy atom. The van der Waals surface area contributed by atoms with Crippen molar-refractivity contribution >= 4 is 6.09 Å². The van der Waals surface area contributed by atoms with E-state index in [1.165, 1.54) is 0 Å². The van der Waals surface area contributed by atoms with Crippen LogP contribution in [0.25, 0.3) is 0 Å². The van der Waals surface area contributed by atoms with Gasteiger partial charge in [0, 0.05) is 13.1 Å². The standard InChI is InChI=1S/C14H18N2O2/c17-13(18-10-12-4-2-1-3-5-12)16-9-7-14(16)6-8-15-11-14/h1-5,15H,6-11H2/t14-/m1/s1. The molecule has 1 aromatic rings. The first-order chi connectivity index (χ1) is 8.80. The zero-order valence-corrected chi connectivity index (χ0v) is 10.4. The lowest BCUT2D eigenvalue weighted by Gasteiger charge is -2.49. The van der Waals surface area contributed by atoms with Crippen molar-refractivity contribution in [1.82, 2.24) is 10.2 Å². The molecule has 0 unspecified atom stereocenters. The number of hydrogen-bond donors (Lipinski definition) is 1. The lowest BCUT2D eigenvalue weighted by molar-refractivity contribution is -0.00595. The predicted octanol–water partition coefficient (Wildman–Crippen LogP) is 1.76. The second-order valence-electron chi connectivity index (χ2n) is 5.09. The summed E-state index contributed by atoms with van der Waals surface area (Å²) < 4.78 is 5.38. The number of carbonyl (C=O) groups excluding carboxylic acids is 1. The van der Waals surface area contributed by atoms with Crippen LogP contribution in [0.2, 0.25) is 0 Å². The van der Waals surface area contributed by atoms with Gasteiger partial charge in [0.1, 0.15) is 6.61 Å². The highest BCUT2D eigenvalue weighted by atomic mass is 16.6. The average molecular weight is 246 g/mol. The number of nitrogens with one attached hydrogen (secondary N) is 1. The van der Waals surface area contributed by atoms with E-state index in [9.17, 15) is 4.79 Å². The number of nitrogens with zero attached hydrogens (tertiary/aromatic N) is 1. The summed E-state index contributed by atoms with van der Waals surface area (Å²) in [6.07, 6.45) is 1.97. The normalized spacial score (nSPS) is 26.1. The van der Waals surface area contributed by atoms with Crippen molar-refractivity contribution in [1.29, 1.82) is 0 Å². The summed E-state index contributed by atoms with van der Waals surface area (Å²) in [6.45, 7) is 3.10. The largest absolute Gasteiger partial charge is 0.445 e. The number of ether oxygens (including phenoxy) is 1. The molecule has 2 heterocycles. The molecule has 2 aliphatic rings. The average Bonchev–Trinajstić information content (AvgIpc) is 2.88. The van der Waals surface area contributed by atoms with E-state index in [1.54, 1.807) is 0 Å². The molecule has 4 nitrogen and oxygen atoms in total. The Labute approximate surface area is 107 Å². The van der Waals surface area contributed by atoms with Gasteiger partial charge in [-0.1, -0.05) is 30.3 Å². The molecule has 2 saturated heterocycles. The lowest BCUT2D eigenvalue weighted by atomic mass is 9.84. The van der Waals surface area contributed by atoms with Crippen LogP contribution in [0, 0.1) is 0 Å². The molecular formula is C14H18N2O2. The third-order valence-electron chi connectivity index (χ3n) is 4.02. The highest BCUT2D eigenvalue weighted by Crippen LogP contribution is 2.36. The first kappa shape index (κ1) is 11.5. The molecule has 1 aromatic carbocycles. The summed E-state index contributed by atoms with van der Waals surface area (Å²) >= 11 is 0. The molecule has 0 aliphatic carbocycles. The highest BCUT2D eigenvalue weighted by molar-refractivity contribution is 5.70. The minimum Gasteiger partial charge on any atom is -0.445 e. The summed E-state index contributed by atoms with van der Waals surface area (Å²) in [5, 5.41) is 3.32. The Balaban J connectivity index is 1.56. The molecule has 1 atom stereocenters. The van der Waals surface area contributed by atoms with Gasteiger partial charge in [-0.25, -0.2) is 4.79 Å². The second-order valence-corrected chi connectivity index (χ2v) is 5.09. The molecule has 1 N–H and O–H groups in total. The number of hydrogen-bond acceptors (Lipinski definition) is 3. The molecular weight excluding hydrogens is 228 g/mol. The lowest BCUT2D eigenvalue weighted by Crippen LogP contribution is -2.63. The fourth-order valence-electron chi connectivity index (χ4n) is 2.80. The number of carbonyl (C=O) groups is 1. The molecule has 2 aliphatic heterocycles. The summed E-state index contributed by atoms with van der Waals surface area (Å²) in [6, 6.07) is 9.80. The summed E-state index contributed by atoms with van der Waals surface area (Å²) in [4.78, 5) is 13.9. The monoisotopic (exact) mass is 246 g/mol. The quantitative estimate of drug-likeness (QED) is 0.864. The van der Waals surface area contributed by atoms with Crippen LogP contribution in [0.1, 0.15) is 18.4 Å². The van der Waals surface area contributed by atoms with E-state index in [1.807, 2.05) is 35.2 Å².